The van der Waals surface area contributed by atoms with E-state index in [0.717, 1.165) is 11.8 Å². The van der Waals surface area contributed by atoms with Gasteiger partial charge in [-0.25, -0.2) is 0 Å². The molecule has 23 heavy (non-hydrogen) atoms. The molecule has 142 valence electrons. The number of ether oxygens (including phenoxy) is 1. The molecule has 0 aromatic carbocycles. The molecule has 0 aromatic rings. The summed E-state index contributed by atoms with van der Waals surface area (Å²) in [4.78, 5) is 0. The molecule has 0 heterocycles. The summed E-state index contributed by atoms with van der Waals surface area (Å²) in [7, 11) is 0. The first kappa shape index (κ1) is 30.3. The second-order valence-corrected chi connectivity index (χ2v) is 6.28. The third-order valence-electron chi connectivity index (χ3n) is 2.17. The number of aliphatic hydroxyl groups excluding tert-OH is 2. The van der Waals surface area contributed by atoms with E-state index in [0.29, 0.717) is 12.2 Å². The van der Waals surface area contributed by atoms with Gasteiger partial charge < -0.3 is 14.9 Å². The van der Waals surface area contributed by atoms with Crippen molar-refractivity contribution < 1.29 is 14.9 Å². The fourth-order valence-corrected chi connectivity index (χ4v) is 1.84. The van der Waals surface area contributed by atoms with Crippen molar-refractivity contribution in [3.63, 3.8) is 0 Å². The summed E-state index contributed by atoms with van der Waals surface area (Å²) in [6.45, 7) is 23.6. The van der Waals surface area contributed by atoms with Crippen LogP contribution in [0.1, 0.15) is 68.2 Å². The monoisotopic (exact) mass is 332 g/mol. The van der Waals surface area contributed by atoms with Gasteiger partial charge in [0.25, 0.3) is 0 Å². The molecule has 0 rings (SSSR count). The van der Waals surface area contributed by atoms with Crippen molar-refractivity contribution in [2.75, 3.05) is 13.2 Å². The molecule has 0 aliphatic heterocycles. The maximum absolute atomic E-state index is 7.62. The minimum atomic E-state index is -0.125. The summed E-state index contributed by atoms with van der Waals surface area (Å²) in [5.41, 5.74) is 0. The summed E-state index contributed by atoms with van der Waals surface area (Å²) in [5, 5.41) is 15.2. The van der Waals surface area contributed by atoms with E-state index >= 15 is 0 Å². The van der Waals surface area contributed by atoms with E-state index in [-0.39, 0.29) is 13.2 Å². The van der Waals surface area contributed by atoms with E-state index in [1.54, 1.807) is 12.2 Å². The molecular weight excluding hydrogens is 288 g/mol. The van der Waals surface area contributed by atoms with Crippen molar-refractivity contribution in [1.82, 2.24) is 0 Å². The molecule has 0 saturated carbocycles. The van der Waals surface area contributed by atoms with Crippen molar-refractivity contribution in [3.8, 4) is 0 Å². The molecule has 0 amide bonds. The van der Waals surface area contributed by atoms with Gasteiger partial charge in [-0.3, -0.25) is 0 Å². The lowest BCUT2D eigenvalue weighted by Gasteiger charge is -2.21. The standard InChI is InChI=1S/C12H26O.2C3H6.C2H6O2/c1-9(2)7-11(5)13-12(6)8-10(3)4;2*1-3-2;3-1-2-4/h9-12H,7-8H2,1-6H3;2*3H,1H2,2H3;3-4H,1-2H2. The molecule has 0 fully saturated rings. The Morgan fingerprint density at radius 2 is 0.957 bits per heavy atom. The maximum Gasteiger partial charge on any atom is 0.0662 e. The van der Waals surface area contributed by atoms with Crippen molar-refractivity contribution in [2.45, 2.75) is 80.4 Å². The SMILES string of the molecule is C=CC.C=CC.CC(C)CC(C)OC(C)CC(C)C.OCCO. The average Bonchev–Trinajstić information content (AvgIpc) is 2.38. The lowest BCUT2D eigenvalue weighted by Crippen LogP contribution is -2.20. The molecule has 2 N–H and O–H groups in total. The van der Waals surface area contributed by atoms with Crippen LogP contribution in [0.3, 0.4) is 0 Å². The quantitative estimate of drug-likeness (QED) is 0.628. The molecule has 2 atom stereocenters. The highest BCUT2D eigenvalue weighted by atomic mass is 16.5. The Labute approximate surface area is 146 Å². The van der Waals surface area contributed by atoms with Gasteiger partial charge in [0.15, 0.2) is 0 Å². The van der Waals surface area contributed by atoms with Crippen LogP contribution in [0.25, 0.3) is 0 Å². The van der Waals surface area contributed by atoms with Gasteiger partial charge in [0, 0.05) is 0 Å². The lowest BCUT2D eigenvalue weighted by molar-refractivity contribution is -0.0113. The van der Waals surface area contributed by atoms with Gasteiger partial charge in [0.2, 0.25) is 0 Å². The van der Waals surface area contributed by atoms with E-state index in [1.165, 1.54) is 12.8 Å². The zero-order valence-electron chi connectivity index (χ0n) is 17.0. The maximum atomic E-state index is 7.62. The fourth-order valence-electron chi connectivity index (χ4n) is 1.84. The molecule has 3 nitrogen and oxygen atoms in total. The van der Waals surface area contributed by atoms with Crippen molar-refractivity contribution in [1.29, 1.82) is 0 Å². The van der Waals surface area contributed by atoms with Crippen LogP contribution in [0.2, 0.25) is 0 Å². The Hall–Kier alpha value is -0.640. The molecule has 3 heteroatoms. The average molecular weight is 333 g/mol. The summed E-state index contributed by atoms with van der Waals surface area (Å²) in [6, 6.07) is 0. The number of rotatable bonds is 7. The van der Waals surface area contributed by atoms with Crippen LogP contribution in [0.5, 0.6) is 0 Å². The first-order valence-corrected chi connectivity index (χ1v) is 8.67. The lowest BCUT2D eigenvalue weighted by atomic mass is 10.1. The van der Waals surface area contributed by atoms with E-state index in [1.807, 2.05) is 13.8 Å². The Balaban J connectivity index is -0.000000148. The first-order valence-electron chi connectivity index (χ1n) is 8.67. The van der Waals surface area contributed by atoms with Crippen LogP contribution < -0.4 is 0 Å². The second-order valence-electron chi connectivity index (χ2n) is 6.28. The smallest absolute Gasteiger partial charge is 0.0662 e. The molecule has 0 radical (unpaired) electrons. The van der Waals surface area contributed by atoms with Gasteiger partial charge >= 0.3 is 0 Å². The molecule has 0 aliphatic rings. The van der Waals surface area contributed by atoms with E-state index in [2.05, 4.69) is 54.7 Å². The van der Waals surface area contributed by atoms with E-state index in [9.17, 15) is 0 Å². The minimum Gasteiger partial charge on any atom is -0.394 e. The molecular formula is C20H44O3. The molecule has 0 bridgehead atoms. The van der Waals surface area contributed by atoms with Crippen LogP contribution in [-0.2, 0) is 4.74 Å². The fraction of sp³-hybridized carbons (Fsp3) is 0.800. The topological polar surface area (TPSA) is 49.7 Å². The Bertz CT molecular complexity index is 191. The highest BCUT2D eigenvalue weighted by Crippen LogP contribution is 2.14. The van der Waals surface area contributed by atoms with Crippen LogP contribution in [0.15, 0.2) is 25.3 Å². The highest BCUT2D eigenvalue weighted by molar-refractivity contribution is 4.59. The molecule has 0 aliphatic carbocycles. The summed E-state index contributed by atoms with van der Waals surface area (Å²) >= 11 is 0. The Morgan fingerprint density at radius 3 is 1.09 bits per heavy atom. The molecule has 0 spiro atoms. The third-order valence-corrected chi connectivity index (χ3v) is 2.17. The summed E-state index contributed by atoms with van der Waals surface area (Å²) in [6.07, 6.45) is 6.66. The molecule has 0 aromatic heterocycles. The van der Waals surface area contributed by atoms with Crippen molar-refractivity contribution in [3.05, 3.63) is 25.3 Å². The first-order chi connectivity index (χ1) is 10.7. The molecule has 2 unspecified atom stereocenters. The van der Waals surface area contributed by atoms with Crippen LogP contribution >= 0.6 is 0 Å². The van der Waals surface area contributed by atoms with Gasteiger partial charge in [-0.05, 0) is 52.4 Å². The minimum absolute atomic E-state index is 0.125. The van der Waals surface area contributed by atoms with Crippen LogP contribution in [0.4, 0.5) is 0 Å². The predicted molar refractivity (Wildman–Crippen MR) is 105 cm³/mol. The zero-order valence-corrected chi connectivity index (χ0v) is 17.0. The van der Waals surface area contributed by atoms with E-state index in [4.69, 9.17) is 14.9 Å². The number of aliphatic hydroxyl groups is 2. The normalized spacial score (nSPS) is 11.8. The Morgan fingerprint density at radius 1 is 0.739 bits per heavy atom. The second kappa shape index (κ2) is 26.3. The Kier molecular flexibility index (Phi) is 34.6. The van der Waals surface area contributed by atoms with Gasteiger partial charge in [-0.2, -0.15) is 0 Å². The van der Waals surface area contributed by atoms with Gasteiger partial charge in [0.05, 0.1) is 25.4 Å². The predicted octanol–water partition coefficient (Wildman–Crippen LogP) is 5.23. The largest absolute Gasteiger partial charge is 0.394 e. The third kappa shape index (κ3) is 52.4. The van der Waals surface area contributed by atoms with E-state index < -0.39 is 0 Å². The highest BCUT2D eigenvalue weighted by Gasteiger charge is 2.11. The van der Waals surface area contributed by atoms with Crippen LogP contribution in [-0.4, -0.2) is 35.6 Å². The number of hydrogen-bond acceptors (Lipinski definition) is 3. The van der Waals surface area contributed by atoms with Gasteiger partial charge in [0.1, 0.15) is 0 Å². The zero-order chi connectivity index (χ0) is 19.3. The number of allylic oxidation sites excluding steroid dienone is 2. The van der Waals surface area contributed by atoms with Gasteiger partial charge in [-0.1, -0.05) is 39.8 Å². The van der Waals surface area contributed by atoms with Crippen LogP contribution in [0, 0.1) is 11.8 Å². The van der Waals surface area contributed by atoms with Gasteiger partial charge in [-0.15, -0.1) is 13.2 Å². The summed E-state index contributed by atoms with van der Waals surface area (Å²) < 4.78 is 5.87. The van der Waals surface area contributed by atoms with Crippen molar-refractivity contribution in [2.24, 2.45) is 11.8 Å². The molecule has 0 saturated heterocycles. The summed E-state index contributed by atoms with van der Waals surface area (Å²) in [5.74, 6) is 1.47. The van der Waals surface area contributed by atoms with Crippen molar-refractivity contribution >= 4 is 0 Å². The number of hydrogen-bond donors (Lipinski definition) is 2.